The summed E-state index contributed by atoms with van der Waals surface area (Å²) in [6.07, 6.45) is 2.30. The van der Waals surface area contributed by atoms with Crippen molar-refractivity contribution in [3.63, 3.8) is 0 Å². The zero-order valence-electron chi connectivity index (χ0n) is 10.9. The number of hydrogen-bond acceptors (Lipinski definition) is 3. The molecular formula is C14H19NO3. The van der Waals surface area contributed by atoms with Gasteiger partial charge in [-0.3, -0.25) is 9.59 Å². The number of carbonyl (C=O) groups excluding carboxylic acids is 2. The highest BCUT2D eigenvalue weighted by molar-refractivity contribution is 5.94. The summed E-state index contributed by atoms with van der Waals surface area (Å²) in [5.41, 5.74) is 1.84. The van der Waals surface area contributed by atoms with Gasteiger partial charge in [-0.1, -0.05) is 25.5 Å². The van der Waals surface area contributed by atoms with E-state index in [1.807, 2.05) is 12.1 Å². The SMILES string of the molecule is CCCc1ccc(C(=O)NCCC(=O)OC)cc1. The van der Waals surface area contributed by atoms with Gasteiger partial charge in [0.05, 0.1) is 13.5 Å². The highest BCUT2D eigenvalue weighted by Crippen LogP contribution is 2.06. The van der Waals surface area contributed by atoms with Crippen LogP contribution in [0, 0.1) is 0 Å². The van der Waals surface area contributed by atoms with Gasteiger partial charge >= 0.3 is 5.97 Å². The second-order valence-corrected chi connectivity index (χ2v) is 4.03. The Bertz CT molecular complexity index is 398. The standard InChI is InChI=1S/C14H19NO3/c1-3-4-11-5-7-12(8-6-11)14(17)15-10-9-13(16)18-2/h5-8H,3-4,9-10H2,1-2H3,(H,15,17). The molecule has 18 heavy (non-hydrogen) atoms. The minimum absolute atomic E-state index is 0.165. The molecule has 98 valence electrons. The molecule has 1 N–H and O–H groups in total. The molecule has 0 atom stereocenters. The van der Waals surface area contributed by atoms with E-state index in [1.165, 1.54) is 12.7 Å². The van der Waals surface area contributed by atoms with Crippen LogP contribution in [0.2, 0.25) is 0 Å². The van der Waals surface area contributed by atoms with Gasteiger partial charge in [0, 0.05) is 12.1 Å². The van der Waals surface area contributed by atoms with Crippen molar-refractivity contribution in [2.75, 3.05) is 13.7 Å². The van der Waals surface area contributed by atoms with Gasteiger partial charge in [0.25, 0.3) is 5.91 Å². The van der Waals surface area contributed by atoms with Crippen molar-refractivity contribution in [1.82, 2.24) is 5.32 Å². The largest absolute Gasteiger partial charge is 0.469 e. The van der Waals surface area contributed by atoms with Crippen LogP contribution in [0.3, 0.4) is 0 Å². The van der Waals surface area contributed by atoms with Gasteiger partial charge in [-0.2, -0.15) is 0 Å². The van der Waals surface area contributed by atoms with E-state index >= 15 is 0 Å². The number of esters is 1. The number of benzene rings is 1. The summed E-state index contributed by atoms with van der Waals surface area (Å²) in [5, 5.41) is 2.68. The number of methoxy groups -OCH3 is 1. The first-order chi connectivity index (χ1) is 8.67. The van der Waals surface area contributed by atoms with E-state index in [-0.39, 0.29) is 18.3 Å². The summed E-state index contributed by atoms with van der Waals surface area (Å²) in [5.74, 6) is -0.490. The smallest absolute Gasteiger partial charge is 0.307 e. The van der Waals surface area contributed by atoms with Gasteiger partial charge in [-0.05, 0) is 24.1 Å². The van der Waals surface area contributed by atoms with Crippen molar-refractivity contribution in [3.8, 4) is 0 Å². The van der Waals surface area contributed by atoms with E-state index in [0.717, 1.165) is 12.8 Å². The minimum Gasteiger partial charge on any atom is -0.469 e. The van der Waals surface area contributed by atoms with E-state index in [1.54, 1.807) is 12.1 Å². The second-order valence-electron chi connectivity index (χ2n) is 4.03. The molecule has 0 saturated carbocycles. The molecule has 0 aromatic heterocycles. The van der Waals surface area contributed by atoms with Gasteiger partial charge in [0.2, 0.25) is 0 Å². The summed E-state index contributed by atoms with van der Waals surface area (Å²) in [4.78, 5) is 22.6. The number of amides is 1. The Kier molecular flexibility index (Phi) is 5.91. The van der Waals surface area contributed by atoms with Crippen molar-refractivity contribution in [2.24, 2.45) is 0 Å². The third kappa shape index (κ3) is 4.57. The lowest BCUT2D eigenvalue weighted by atomic mass is 10.1. The second kappa shape index (κ2) is 7.48. The molecule has 1 rings (SSSR count). The lowest BCUT2D eigenvalue weighted by Crippen LogP contribution is -2.26. The highest BCUT2D eigenvalue weighted by atomic mass is 16.5. The van der Waals surface area contributed by atoms with Crippen LogP contribution >= 0.6 is 0 Å². The van der Waals surface area contributed by atoms with Crippen LogP contribution in [-0.2, 0) is 16.0 Å². The fourth-order valence-corrected chi connectivity index (χ4v) is 1.59. The molecule has 0 aliphatic heterocycles. The maximum atomic E-state index is 11.7. The molecule has 0 aliphatic rings. The molecule has 4 nitrogen and oxygen atoms in total. The Morgan fingerprint density at radius 1 is 1.22 bits per heavy atom. The fraction of sp³-hybridized carbons (Fsp3) is 0.429. The van der Waals surface area contributed by atoms with Crippen molar-refractivity contribution < 1.29 is 14.3 Å². The normalized spacial score (nSPS) is 9.89. The maximum absolute atomic E-state index is 11.7. The van der Waals surface area contributed by atoms with Crippen molar-refractivity contribution in [1.29, 1.82) is 0 Å². The Morgan fingerprint density at radius 2 is 1.89 bits per heavy atom. The van der Waals surface area contributed by atoms with E-state index in [0.29, 0.717) is 12.1 Å². The van der Waals surface area contributed by atoms with Crippen LogP contribution < -0.4 is 5.32 Å². The summed E-state index contributed by atoms with van der Waals surface area (Å²) in [7, 11) is 1.33. The number of ether oxygens (including phenoxy) is 1. The molecule has 0 unspecified atom stereocenters. The number of carbonyl (C=O) groups is 2. The van der Waals surface area contributed by atoms with Gasteiger partial charge < -0.3 is 10.1 Å². The molecular weight excluding hydrogens is 230 g/mol. The molecule has 0 aliphatic carbocycles. The molecule has 4 heteroatoms. The summed E-state index contributed by atoms with van der Waals surface area (Å²) in [6.45, 7) is 2.41. The zero-order valence-corrected chi connectivity index (χ0v) is 10.9. The van der Waals surface area contributed by atoms with Gasteiger partial charge in [-0.15, -0.1) is 0 Å². The van der Waals surface area contributed by atoms with Gasteiger partial charge in [0.15, 0.2) is 0 Å². The minimum atomic E-state index is -0.325. The molecule has 0 bridgehead atoms. The van der Waals surface area contributed by atoms with E-state index in [4.69, 9.17) is 0 Å². The van der Waals surface area contributed by atoms with Gasteiger partial charge in [-0.25, -0.2) is 0 Å². The van der Waals surface area contributed by atoms with Crippen LogP contribution in [-0.4, -0.2) is 25.5 Å². The van der Waals surface area contributed by atoms with Crippen LogP contribution in [0.1, 0.15) is 35.7 Å². The average Bonchev–Trinajstić information content (AvgIpc) is 2.39. The van der Waals surface area contributed by atoms with Crippen LogP contribution in [0.15, 0.2) is 24.3 Å². The summed E-state index contributed by atoms with van der Waals surface area (Å²) >= 11 is 0. The molecule has 0 radical (unpaired) electrons. The molecule has 0 fully saturated rings. The Labute approximate surface area is 107 Å². The quantitative estimate of drug-likeness (QED) is 0.784. The Balaban J connectivity index is 2.44. The molecule has 0 heterocycles. The zero-order chi connectivity index (χ0) is 13.4. The van der Waals surface area contributed by atoms with Crippen LogP contribution in [0.25, 0.3) is 0 Å². The summed E-state index contributed by atoms with van der Waals surface area (Å²) in [6, 6.07) is 7.52. The third-order valence-corrected chi connectivity index (χ3v) is 2.60. The van der Waals surface area contributed by atoms with Crippen molar-refractivity contribution >= 4 is 11.9 Å². The lowest BCUT2D eigenvalue weighted by molar-refractivity contribution is -0.140. The molecule has 0 spiro atoms. The van der Waals surface area contributed by atoms with Crippen molar-refractivity contribution in [2.45, 2.75) is 26.2 Å². The number of nitrogens with one attached hydrogen (secondary N) is 1. The Morgan fingerprint density at radius 3 is 2.44 bits per heavy atom. The number of hydrogen-bond donors (Lipinski definition) is 1. The summed E-state index contributed by atoms with van der Waals surface area (Å²) < 4.78 is 4.49. The monoisotopic (exact) mass is 249 g/mol. The number of rotatable bonds is 6. The predicted octanol–water partition coefficient (Wildman–Crippen LogP) is 1.93. The fourth-order valence-electron chi connectivity index (χ4n) is 1.59. The molecule has 1 aromatic carbocycles. The lowest BCUT2D eigenvalue weighted by Gasteiger charge is -2.05. The van der Waals surface area contributed by atoms with E-state index in [2.05, 4.69) is 17.0 Å². The predicted molar refractivity (Wildman–Crippen MR) is 69.4 cm³/mol. The topological polar surface area (TPSA) is 55.4 Å². The van der Waals surface area contributed by atoms with Crippen LogP contribution in [0.4, 0.5) is 0 Å². The third-order valence-electron chi connectivity index (χ3n) is 2.60. The molecule has 1 aromatic rings. The van der Waals surface area contributed by atoms with Crippen molar-refractivity contribution in [3.05, 3.63) is 35.4 Å². The first-order valence-electron chi connectivity index (χ1n) is 6.11. The van der Waals surface area contributed by atoms with E-state index < -0.39 is 0 Å². The molecule has 1 amide bonds. The maximum Gasteiger partial charge on any atom is 0.307 e. The highest BCUT2D eigenvalue weighted by Gasteiger charge is 2.06. The first kappa shape index (κ1) is 14.2. The average molecular weight is 249 g/mol. The van der Waals surface area contributed by atoms with E-state index in [9.17, 15) is 9.59 Å². The Hall–Kier alpha value is -1.84. The first-order valence-corrected chi connectivity index (χ1v) is 6.11. The van der Waals surface area contributed by atoms with Crippen LogP contribution in [0.5, 0.6) is 0 Å². The van der Waals surface area contributed by atoms with Gasteiger partial charge in [0.1, 0.15) is 0 Å². The molecule has 0 saturated heterocycles. The number of aryl methyl sites for hydroxylation is 1.